The summed E-state index contributed by atoms with van der Waals surface area (Å²) in [7, 11) is 1.59. The number of benzene rings is 2. The number of methoxy groups -OCH3 is 1. The molecule has 8 heteroatoms. The van der Waals surface area contributed by atoms with Crippen molar-refractivity contribution in [2.75, 3.05) is 18.3 Å². The van der Waals surface area contributed by atoms with Crippen LogP contribution in [-0.2, 0) is 11.2 Å². The van der Waals surface area contributed by atoms with Gasteiger partial charge in [0.2, 0.25) is 11.1 Å². The van der Waals surface area contributed by atoms with Crippen LogP contribution in [0.4, 0.5) is 5.69 Å². The van der Waals surface area contributed by atoms with Crippen LogP contribution in [0.5, 0.6) is 5.75 Å². The lowest BCUT2D eigenvalue weighted by molar-refractivity contribution is -0.115. The number of para-hydroxylation sites is 1. The molecular weight excluding hydrogens is 374 g/mol. The highest BCUT2D eigenvalue weighted by Gasteiger charge is 2.21. The van der Waals surface area contributed by atoms with Crippen LogP contribution in [0.25, 0.3) is 11.4 Å². The van der Waals surface area contributed by atoms with E-state index < -0.39 is 5.25 Å². The maximum atomic E-state index is 12.5. The number of aromatic nitrogens is 3. The van der Waals surface area contributed by atoms with Crippen molar-refractivity contribution in [3.05, 3.63) is 54.1 Å². The molecule has 28 heavy (non-hydrogen) atoms. The monoisotopic (exact) mass is 397 g/mol. The first-order valence-corrected chi connectivity index (χ1v) is 9.81. The SMILES string of the molecule is CCc1ccc(NC(=O)C(C)Sc2nnc(-c3ccccc3OC)n2N)cc1. The fourth-order valence-corrected chi connectivity index (χ4v) is 3.42. The Balaban J connectivity index is 1.71. The van der Waals surface area contributed by atoms with Gasteiger partial charge in [-0.05, 0) is 43.2 Å². The molecule has 1 atom stereocenters. The molecule has 0 spiro atoms. The molecule has 146 valence electrons. The fraction of sp³-hybridized carbons (Fsp3) is 0.250. The number of hydrogen-bond donors (Lipinski definition) is 2. The minimum absolute atomic E-state index is 0.129. The number of hydrogen-bond acceptors (Lipinski definition) is 6. The van der Waals surface area contributed by atoms with Crippen LogP contribution in [0.1, 0.15) is 19.4 Å². The molecule has 1 heterocycles. The second kappa shape index (κ2) is 8.79. The topological polar surface area (TPSA) is 95.1 Å². The Morgan fingerprint density at radius 2 is 1.93 bits per heavy atom. The normalized spacial score (nSPS) is 11.8. The third-order valence-corrected chi connectivity index (χ3v) is 5.35. The van der Waals surface area contributed by atoms with Crippen molar-refractivity contribution in [2.24, 2.45) is 0 Å². The van der Waals surface area contributed by atoms with Gasteiger partial charge in [-0.2, -0.15) is 0 Å². The van der Waals surface area contributed by atoms with Gasteiger partial charge >= 0.3 is 0 Å². The number of nitrogens with one attached hydrogen (secondary N) is 1. The van der Waals surface area contributed by atoms with Crippen molar-refractivity contribution in [3.8, 4) is 17.1 Å². The van der Waals surface area contributed by atoms with E-state index in [-0.39, 0.29) is 5.91 Å². The average Bonchev–Trinajstić information content (AvgIpc) is 3.08. The van der Waals surface area contributed by atoms with Gasteiger partial charge in [0.25, 0.3) is 0 Å². The van der Waals surface area contributed by atoms with E-state index >= 15 is 0 Å². The number of anilines is 1. The van der Waals surface area contributed by atoms with Crippen LogP contribution in [-0.4, -0.2) is 33.1 Å². The zero-order valence-electron chi connectivity index (χ0n) is 16.0. The van der Waals surface area contributed by atoms with Crippen molar-refractivity contribution >= 4 is 23.4 Å². The van der Waals surface area contributed by atoms with Crippen molar-refractivity contribution in [2.45, 2.75) is 30.7 Å². The van der Waals surface area contributed by atoms with Gasteiger partial charge in [0.15, 0.2) is 5.82 Å². The van der Waals surface area contributed by atoms with Crippen LogP contribution in [0, 0.1) is 0 Å². The molecule has 0 saturated carbocycles. The maximum absolute atomic E-state index is 12.5. The third kappa shape index (κ3) is 4.28. The van der Waals surface area contributed by atoms with Gasteiger partial charge in [0.1, 0.15) is 5.75 Å². The summed E-state index contributed by atoms with van der Waals surface area (Å²) in [6, 6.07) is 15.2. The number of nitrogens with zero attached hydrogens (tertiary/aromatic N) is 3. The molecule has 0 aliphatic rings. The number of thioether (sulfide) groups is 1. The number of nitrogen functional groups attached to an aromatic ring is 1. The Hall–Kier alpha value is -3.00. The first-order valence-electron chi connectivity index (χ1n) is 8.93. The lowest BCUT2D eigenvalue weighted by Crippen LogP contribution is -2.23. The van der Waals surface area contributed by atoms with E-state index in [2.05, 4.69) is 22.4 Å². The standard InChI is InChI=1S/C20H23N5O2S/c1-4-14-9-11-15(12-10-14)22-19(26)13(2)28-20-24-23-18(25(20)21)16-7-5-6-8-17(16)27-3/h5-13H,4,21H2,1-3H3,(H,22,26). The van der Waals surface area contributed by atoms with E-state index in [0.29, 0.717) is 16.7 Å². The Kier molecular flexibility index (Phi) is 6.20. The maximum Gasteiger partial charge on any atom is 0.237 e. The predicted octanol–water partition coefficient (Wildman–Crippen LogP) is 3.35. The second-order valence-corrected chi connectivity index (χ2v) is 7.48. The van der Waals surface area contributed by atoms with E-state index in [1.165, 1.54) is 22.0 Å². The van der Waals surface area contributed by atoms with Gasteiger partial charge in [-0.25, -0.2) is 4.68 Å². The first kappa shape index (κ1) is 19.8. The van der Waals surface area contributed by atoms with Crippen molar-refractivity contribution < 1.29 is 9.53 Å². The summed E-state index contributed by atoms with van der Waals surface area (Å²) in [5, 5.41) is 11.3. The largest absolute Gasteiger partial charge is 0.496 e. The molecule has 0 radical (unpaired) electrons. The van der Waals surface area contributed by atoms with E-state index in [1.54, 1.807) is 14.0 Å². The molecule has 7 nitrogen and oxygen atoms in total. The highest BCUT2D eigenvalue weighted by atomic mass is 32.2. The number of carbonyl (C=O) groups is 1. The van der Waals surface area contributed by atoms with Gasteiger partial charge in [0.05, 0.1) is 17.9 Å². The number of aryl methyl sites for hydroxylation is 1. The smallest absolute Gasteiger partial charge is 0.237 e. The Labute approximate surface area is 168 Å². The third-order valence-electron chi connectivity index (χ3n) is 4.29. The van der Waals surface area contributed by atoms with Gasteiger partial charge < -0.3 is 15.9 Å². The number of nitrogens with two attached hydrogens (primary N) is 1. The minimum Gasteiger partial charge on any atom is -0.496 e. The molecule has 0 saturated heterocycles. The quantitative estimate of drug-likeness (QED) is 0.469. The number of rotatable bonds is 7. The molecule has 1 unspecified atom stereocenters. The Morgan fingerprint density at radius 1 is 1.21 bits per heavy atom. The van der Waals surface area contributed by atoms with Crippen LogP contribution in [0.3, 0.4) is 0 Å². The summed E-state index contributed by atoms with van der Waals surface area (Å²) in [4.78, 5) is 12.5. The van der Waals surface area contributed by atoms with Crippen LogP contribution in [0.15, 0.2) is 53.7 Å². The summed E-state index contributed by atoms with van der Waals surface area (Å²) < 4.78 is 6.74. The second-order valence-electron chi connectivity index (χ2n) is 6.18. The summed E-state index contributed by atoms with van der Waals surface area (Å²) in [5.74, 6) is 7.17. The predicted molar refractivity (Wildman–Crippen MR) is 112 cm³/mol. The lowest BCUT2D eigenvalue weighted by Gasteiger charge is -2.12. The van der Waals surface area contributed by atoms with Gasteiger partial charge in [-0.1, -0.05) is 43.0 Å². The van der Waals surface area contributed by atoms with E-state index in [4.69, 9.17) is 10.6 Å². The molecule has 0 aliphatic heterocycles. The van der Waals surface area contributed by atoms with Crippen molar-refractivity contribution in [1.29, 1.82) is 0 Å². The molecule has 3 rings (SSSR count). The van der Waals surface area contributed by atoms with E-state index in [9.17, 15) is 4.79 Å². The van der Waals surface area contributed by atoms with E-state index in [0.717, 1.165) is 17.7 Å². The lowest BCUT2D eigenvalue weighted by atomic mass is 10.1. The molecule has 0 fully saturated rings. The van der Waals surface area contributed by atoms with Crippen LogP contribution in [0.2, 0.25) is 0 Å². The average molecular weight is 398 g/mol. The summed E-state index contributed by atoms with van der Waals surface area (Å²) in [6.45, 7) is 3.90. The first-order chi connectivity index (χ1) is 13.5. The highest BCUT2D eigenvalue weighted by molar-refractivity contribution is 8.00. The van der Waals surface area contributed by atoms with Gasteiger partial charge in [0, 0.05) is 5.69 Å². The number of ether oxygens (including phenoxy) is 1. The van der Waals surface area contributed by atoms with Crippen molar-refractivity contribution in [1.82, 2.24) is 14.9 Å². The number of amides is 1. The fourth-order valence-electron chi connectivity index (χ4n) is 2.65. The molecule has 1 aromatic heterocycles. The van der Waals surface area contributed by atoms with Gasteiger partial charge in [-0.15, -0.1) is 10.2 Å². The molecule has 0 aliphatic carbocycles. The minimum atomic E-state index is -0.400. The molecule has 1 amide bonds. The summed E-state index contributed by atoms with van der Waals surface area (Å²) >= 11 is 1.25. The molecule has 3 aromatic rings. The Bertz CT molecular complexity index is 955. The molecule has 3 N–H and O–H groups in total. The summed E-state index contributed by atoms with van der Waals surface area (Å²) in [5.41, 5.74) is 2.72. The molecular formula is C20H23N5O2S. The van der Waals surface area contributed by atoms with Crippen LogP contribution >= 0.6 is 11.8 Å². The number of carbonyl (C=O) groups excluding carboxylic acids is 1. The molecule has 0 bridgehead atoms. The van der Waals surface area contributed by atoms with Gasteiger partial charge in [-0.3, -0.25) is 4.79 Å². The summed E-state index contributed by atoms with van der Waals surface area (Å²) in [6.07, 6.45) is 0.959. The van der Waals surface area contributed by atoms with Crippen molar-refractivity contribution in [3.63, 3.8) is 0 Å². The van der Waals surface area contributed by atoms with E-state index in [1.807, 2.05) is 48.5 Å². The Morgan fingerprint density at radius 3 is 2.61 bits per heavy atom. The highest BCUT2D eigenvalue weighted by Crippen LogP contribution is 2.30. The molecule has 2 aromatic carbocycles. The zero-order chi connectivity index (χ0) is 20.1. The zero-order valence-corrected chi connectivity index (χ0v) is 16.9. The van der Waals surface area contributed by atoms with Crippen LogP contribution < -0.4 is 15.9 Å².